The second kappa shape index (κ2) is 9.43. The second-order valence-electron chi connectivity index (χ2n) is 5.19. The van der Waals surface area contributed by atoms with E-state index >= 15 is 0 Å². The molecule has 0 aliphatic rings. The third-order valence-electron chi connectivity index (χ3n) is 3.48. The highest BCUT2D eigenvalue weighted by atomic mass is 32.2. The van der Waals surface area contributed by atoms with Crippen molar-refractivity contribution in [3.05, 3.63) is 41.6 Å². The van der Waals surface area contributed by atoms with E-state index in [1.54, 1.807) is 18.5 Å². The molecule has 0 radical (unpaired) electrons. The summed E-state index contributed by atoms with van der Waals surface area (Å²) in [5.74, 6) is -0.0186. The summed E-state index contributed by atoms with van der Waals surface area (Å²) in [6, 6.07) is 10.1. The van der Waals surface area contributed by atoms with Gasteiger partial charge in [-0.1, -0.05) is 42.1 Å². The van der Waals surface area contributed by atoms with Crippen molar-refractivity contribution in [1.29, 1.82) is 0 Å². The predicted molar refractivity (Wildman–Crippen MR) is 105 cm³/mol. The minimum absolute atomic E-state index is 0.303. The molecule has 0 aliphatic heterocycles. The second-order valence-corrected chi connectivity index (χ2v) is 6.37. The maximum atomic E-state index is 12.2. The highest BCUT2D eigenvalue weighted by Gasteiger charge is 2.22. The van der Waals surface area contributed by atoms with E-state index in [0.29, 0.717) is 34.9 Å². The molecule has 0 fully saturated rings. The predicted octanol–water partition coefficient (Wildman–Crippen LogP) is 2.85. The number of thioether (sulfide) groups is 1. The van der Waals surface area contributed by atoms with Crippen LogP contribution < -0.4 is 10.6 Å². The molecule has 1 aromatic carbocycles. The molecule has 1 heterocycles. The van der Waals surface area contributed by atoms with Crippen molar-refractivity contribution >= 4 is 40.9 Å². The van der Waals surface area contributed by atoms with Crippen LogP contribution >= 0.6 is 24.0 Å². The largest absolute Gasteiger partial charge is 0.461 e. The third-order valence-corrected chi connectivity index (χ3v) is 4.46. The number of imidazole rings is 1. The van der Waals surface area contributed by atoms with Crippen LogP contribution in [-0.4, -0.2) is 40.0 Å². The number of carbonyl (C=O) groups excluding carboxylic acids is 1. The Morgan fingerprint density at radius 2 is 2.08 bits per heavy atom. The highest BCUT2D eigenvalue weighted by molar-refractivity contribution is 7.98. The number of benzene rings is 1. The number of rotatable bonds is 7. The van der Waals surface area contributed by atoms with Crippen molar-refractivity contribution in [3.63, 3.8) is 0 Å². The fraction of sp³-hybridized carbons (Fsp3) is 0.353. The first-order valence-electron chi connectivity index (χ1n) is 7.93. The fourth-order valence-electron chi connectivity index (χ4n) is 2.30. The molecule has 25 heavy (non-hydrogen) atoms. The summed E-state index contributed by atoms with van der Waals surface area (Å²) in [5.41, 5.74) is 1.59. The quantitative estimate of drug-likeness (QED) is 0.436. The summed E-state index contributed by atoms with van der Waals surface area (Å²) in [6.45, 7) is 2.76. The number of hydrogen-bond acceptors (Lipinski definition) is 5. The summed E-state index contributed by atoms with van der Waals surface area (Å²) in [4.78, 5) is 16.6. The Morgan fingerprint density at radius 3 is 2.72 bits per heavy atom. The van der Waals surface area contributed by atoms with Crippen molar-refractivity contribution < 1.29 is 9.53 Å². The van der Waals surface area contributed by atoms with Gasteiger partial charge < -0.3 is 19.9 Å². The Labute approximate surface area is 157 Å². The zero-order valence-electron chi connectivity index (χ0n) is 14.5. The molecule has 0 unspecified atom stereocenters. The Hall–Kier alpha value is -2.06. The van der Waals surface area contributed by atoms with Crippen LogP contribution in [0.15, 0.2) is 35.5 Å². The molecule has 0 saturated carbocycles. The lowest BCUT2D eigenvalue weighted by Crippen LogP contribution is -2.31. The molecule has 0 amide bonds. The van der Waals surface area contributed by atoms with E-state index in [-0.39, 0.29) is 0 Å². The van der Waals surface area contributed by atoms with Crippen LogP contribution in [0.3, 0.4) is 0 Å². The van der Waals surface area contributed by atoms with E-state index < -0.39 is 5.97 Å². The summed E-state index contributed by atoms with van der Waals surface area (Å²) >= 11 is 6.77. The van der Waals surface area contributed by atoms with Crippen LogP contribution in [0, 0.1) is 0 Å². The van der Waals surface area contributed by atoms with Crippen LogP contribution in [0.2, 0.25) is 0 Å². The van der Waals surface area contributed by atoms with Crippen molar-refractivity contribution in [1.82, 2.24) is 14.9 Å². The first-order chi connectivity index (χ1) is 12.1. The van der Waals surface area contributed by atoms with E-state index in [0.717, 1.165) is 6.42 Å². The standard InChI is InChI=1S/C17H22N4O2S2/c1-4-23-15(22)13-14(20-17(25-3)21(13)2)19-16(24)18-11-10-12-8-6-5-7-9-12/h5-9H,4,10-11H2,1-3H3,(H2,18,19,24). The molecular formula is C17H22N4O2S2. The molecular weight excluding hydrogens is 356 g/mol. The number of nitrogens with zero attached hydrogens (tertiary/aromatic N) is 2. The van der Waals surface area contributed by atoms with Crippen molar-refractivity contribution in [2.75, 3.05) is 24.7 Å². The molecule has 1 aromatic heterocycles. The van der Waals surface area contributed by atoms with Gasteiger partial charge in [0.15, 0.2) is 21.8 Å². The normalized spacial score (nSPS) is 10.4. The van der Waals surface area contributed by atoms with Crippen LogP contribution in [-0.2, 0) is 18.2 Å². The molecule has 8 heteroatoms. The van der Waals surface area contributed by atoms with Gasteiger partial charge in [-0.15, -0.1) is 0 Å². The molecule has 2 aromatic rings. The van der Waals surface area contributed by atoms with Gasteiger partial charge in [-0.25, -0.2) is 9.78 Å². The van der Waals surface area contributed by atoms with Gasteiger partial charge in [0.25, 0.3) is 0 Å². The Kier molecular flexibility index (Phi) is 7.27. The number of esters is 1. The molecule has 0 atom stereocenters. The number of ether oxygens (including phenoxy) is 1. The lowest BCUT2D eigenvalue weighted by Gasteiger charge is -2.10. The molecule has 0 saturated heterocycles. The molecule has 0 bridgehead atoms. The fourth-order valence-corrected chi connectivity index (χ4v) is 3.04. The Bertz CT molecular complexity index is 732. The highest BCUT2D eigenvalue weighted by Crippen LogP contribution is 2.23. The zero-order chi connectivity index (χ0) is 18.2. The Morgan fingerprint density at radius 1 is 1.36 bits per heavy atom. The number of aromatic nitrogens is 2. The van der Waals surface area contributed by atoms with Crippen LogP contribution in [0.5, 0.6) is 0 Å². The van der Waals surface area contributed by atoms with Crippen molar-refractivity contribution in [2.24, 2.45) is 7.05 Å². The van der Waals surface area contributed by atoms with Gasteiger partial charge in [0.1, 0.15) is 0 Å². The van der Waals surface area contributed by atoms with E-state index in [4.69, 9.17) is 17.0 Å². The molecule has 2 N–H and O–H groups in total. The van der Waals surface area contributed by atoms with Crippen LogP contribution in [0.25, 0.3) is 0 Å². The number of carbonyl (C=O) groups is 1. The third kappa shape index (κ3) is 5.20. The monoisotopic (exact) mass is 378 g/mol. The molecule has 0 aliphatic carbocycles. The average Bonchev–Trinajstić information content (AvgIpc) is 2.91. The Balaban J connectivity index is 2.00. The molecule has 2 rings (SSSR count). The van der Waals surface area contributed by atoms with Crippen LogP contribution in [0.4, 0.5) is 5.82 Å². The van der Waals surface area contributed by atoms with Gasteiger partial charge >= 0.3 is 5.97 Å². The lowest BCUT2D eigenvalue weighted by atomic mass is 10.1. The smallest absolute Gasteiger partial charge is 0.358 e. The van der Waals surface area contributed by atoms with E-state index in [1.165, 1.54) is 17.3 Å². The van der Waals surface area contributed by atoms with Gasteiger partial charge in [0, 0.05) is 13.6 Å². The van der Waals surface area contributed by atoms with E-state index in [2.05, 4.69) is 27.8 Å². The maximum absolute atomic E-state index is 12.2. The summed E-state index contributed by atoms with van der Waals surface area (Å²) in [5, 5.41) is 7.27. The topological polar surface area (TPSA) is 68.2 Å². The number of nitrogens with one attached hydrogen (secondary N) is 2. The maximum Gasteiger partial charge on any atom is 0.358 e. The number of anilines is 1. The van der Waals surface area contributed by atoms with Gasteiger partial charge in [0.05, 0.1) is 6.61 Å². The van der Waals surface area contributed by atoms with Crippen molar-refractivity contribution in [2.45, 2.75) is 18.5 Å². The molecule has 134 valence electrons. The molecule has 0 spiro atoms. The summed E-state index contributed by atoms with van der Waals surface area (Å²) < 4.78 is 6.82. The summed E-state index contributed by atoms with van der Waals surface area (Å²) in [7, 11) is 1.78. The summed E-state index contributed by atoms with van der Waals surface area (Å²) in [6.07, 6.45) is 2.75. The van der Waals surface area contributed by atoms with Crippen molar-refractivity contribution in [3.8, 4) is 0 Å². The lowest BCUT2D eigenvalue weighted by molar-refractivity contribution is 0.0515. The number of hydrogen-bond donors (Lipinski definition) is 2. The van der Waals surface area contributed by atoms with Gasteiger partial charge in [-0.2, -0.15) is 0 Å². The zero-order valence-corrected chi connectivity index (χ0v) is 16.2. The number of thiocarbonyl (C=S) groups is 1. The van der Waals surface area contributed by atoms with Crippen LogP contribution in [0.1, 0.15) is 23.0 Å². The minimum Gasteiger partial charge on any atom is -0.461 e. The van der Waals surface area contributed by atoms with E-state index in [9.17, 15) is 4.79 Å². The van der Waals surface area contributed by atoms with Gasteiger partial charge in [-0.05, 0) is 37.4 Å². The van der Waals surface area contributed by atoms with Gasteiger partial charge in [-0.3, -0.25) is 0 Å². The first kappa shape index (κ1) is 19.3. The SMILES string of the molecule is CCOC(=O)c1c(NC(=S)NCCc2ccccc2)nc(SC)n1C. The molecule has 6 nitrogen and oxygen atoms in total. The minimum atomic E-state index is -0.424. The van der Waals surface area contributed by atoms with E-state index in [1.807, 2.05) is 24.5 Å². The average molecular weight is 379 g/mol. The van der Waals surface area contributed by atoms with Gasteiger partial charge in [0.2, 0.25) is 0 Å². The first-order valence-corrected chi connectivity index (χ1v) is 9.56.